The van der Waals surface area contributed by atoms with Crippen LogP contribution >= 0.6 is 0 Å². The van der Waals surface area contributed by atoms with Crippen LogP contribution in [-0.4, -0.2) is 12.5 Å². The lowest BCUT2D eigenvalue weighted by Gasteiger charge is -2.14. The third kappa shape index (κ3) is 3.91. The Labute approximate surface area is 125 Å². The van der Waals surface area contributed by atoms with Gasteiger partial charge in [0, 0.05) is 12.1 Å². The first kappa shape index (κ1) is 15.7. The third-order valence-corrected chi connectivity index (χ3v) is 3.01. The van der Waals surface area contributed by atoms with Crippen LogP contribution in [0.4, 0.5) is 8.78 Å². The molecule has 5 nitrogen and oxygen atoms in total. The molecule has 1 unspecified atom stereocenters. The second-order valence-corrected chi connectivity index (χ2v) is 4.55. The van der Waals surface area contributed by atoms with Crippen LogP contribution in [0.15, 0.2) is 48.7 Å². The van der Waals surface area contributed by atoms with Gasteiger partial charge in [0.05, 0.1) is 6.04 Å². The van der Waals surface area contributed by atoms with Crippen LogP contribution in [0.1, 0.15) is 29.0 Å². The van der Waals surface area contributed by atoms with Gasteiger partial charge in [0.25, 0.3) is 5.69 Å². The molecule has 0 fully saturated rings. The van der Waals surface area contributed by atoms with Crippen molar-refractivity contribution < 1.29 is 23.0 Å². The highest BCUT2D eigenvalue weighted by molar-refractivity contribution is 5.91. The summed E-state index contributed by atoms with van der Waals surface area (Å²) in [6, 6.07) is 10.0. The Balaban J connectivity index is 2.04. The Hall–Kier alpha value is -2.70. The first-order valence-electron chi connectivity index (χ1n) is 6.51. The molecular formula is C15H14F2N2O3. The monoisotopic (exact) mass is 308 g/mol. The Morgan fingerprint density at radius 2 is 1.91 bits per heavy atom. The van der Waals surface area contributed by atoms with Gasteiger partial charge in [-0.2, -0.15) is 13.5 Å². The standard InChI is InChI=1S/C15H14F2N2O3/c1-10(11-5-7-12(8-6-11)22-15(16)17)18-14(20)13-4-2-3-9-19(13)21/h2-10,15H,1H3,(H,18,20). The molecule has 22 heavy (non-hydrogen) atoms. The fourth-order valence-electron chi connectivity index (χ4n) is 1.90. The zero-order valence-corrected chi connectivity index (χ0v) is 11.7. The van der Waals surface area contributed by atoms with Crippen LogP contribution in [-0.2, 0) is 0 Å². The molecule has 2 rings (SSSR count). The number of nitrogens with zero attached hydrogens (tertiary/aromatic N) is 1. The van der Waals surface area contributed by atoms with E-state index in [1.165, 1.54) is 30.5 Å². The molecule has 0 aliphatic heterocycles. The summed E-state index contributed by atoms with van der Waals surface area (Å²) in [5.74, 6) is -0.478. The van der Waals surface area contributed by atoms with E-state index in [9.17, 15) is 18.8 Å². The van der Waals surface area contributed by atoms with Crippen LogP contribution in [0.2, 0.25) is 0 Å². The minimum atomic E-state index is -2.88. The Morgan fingerprint density at radius 1 is 1.23 bits per heavy atom. The highest BCUT2D eigenvalue weighted by atomic mass is 19.3. The van der Waals surface area contributed by atoms with Crippen molar-refractivity contribution in [2.45, 2.75) is 19.6 Å². The SMILES string of the molecule is CC(NC(=O)c1cccc[n+]1[O-])c1ccc(OC(F)F)cc1. The number of nitrogens with one attached hydrogen (secondary N) is 1. The smallest absolute Gasteiger partial charge is 0.387 e. The van der Waals surface area contributed by atoms with Gasteiger partial charge in [0.15, 0.2) is 6.20 Å². The van der Waals surface area contributed by atoms with Gasteiger partial charge in [0.2, 0.25) is 0 Å². The van der Waals surface area contributed by atoms with Crippen molar-refractivity contribution in [1.29, 1.82) is 0 Å². The van der Waals surface area contributed by atoms with Crippen molar-refractivity contribution >= 4 is 5.91 Å². The molecule has 0 saturated carbocycles. The number of carbonyl (C=O) groups excluding carboxylic acids is 1. The molecule has 7 heteroatoms. The maximum absolute atomic E-state index is 12.1. The molecule has 0 spiro atoms. The average molecular weight is 308 g/mol. The molecule has 0 saturated heterocycles. The molecule has 1 aromatic heterocycles. The van der Waals surface area contributed by atoms with E-state index in [0.29, 0.717) is 10.3 Å². The molecule has 1 heterocycles. The molecular weight excluding hydrogens is 294 g/mol. The Kier molecular flexibility index (Phi) is 4.88. The molecule has 1 aromatic carbocycles. The van der Waals surface area contributed by atoms with E-state index in [-0.39, 0.29) is 11.4 Å². The number of hydrogen-bond donors (Lipinski definition) is 1. The number of rotatable bonds is 5. The highest BCUT2D eigenvalue weighted by Gasteiger charge is 2.18. The van der Waals surface area contributed by atoms with Gasteiger partial charge in [0.1, 0.15) is 5.75 Å². The van der Waals surface area contributed by atoms with E-state index in [1.807, 2.05) is 0 Å². The van der Waals surface area contributed by atoms with Crippen LogP contribution in [0.5, 0.6) is 5.75 Å². The van der Waals surface area contributed by atoms with Gasteiger partial charge < -0.3 is 15.3 Å². The minimum absolute atomic E-state index is 0.0213. The number of hydrogen-bond acceptors (Lipinski definition) is 3. The lowest BCUT2D eigenvalue weighted by atomic mass is 10.1. The van der Waals surface area contributed by atoms with Crippen LogP contribution in [0.3, 0.4) is 0 Å². The van der Waals surface area contributed by atoms with Gasteiger partial charge in [-0.15, -0.1) is 0 Å². The van der Waals surface area contributed by atoms with Crippen molar-refractivity contribution in [2.75, 3.05) is 0 Å². The Morgan fingerprint density at radius 3 is 2.50 bits per heavy atom. The van der Waals surface area contributed by atoms with Gasteiger partial charge in [-0.05, 0) is 30.7 Å². The third-order valence-electron chi connectivity index (χ3n) is 3.01. The van der Waals surface area contributed by atoms with Crippen molar-refractivity contribution in [3.05, 3.63) is 65.1 Å². The number of halogens is 2. The fourth-order valence-corrected chi connectivity index (χ4v) is 1.90. The van der Waals surface area contributed by atoms with E-state index in [1.54, 1.807) is 25.1 Å². The second-order valence-electron chi connectivity index (χ2n) is 4.55. The number of pyridine rings is 1. The molecule has 1 atom stereocenters. The summed E-state index contributed by atoms with van der Waals surface area (Å²) in [5.41, 5.74) is 0.676. The van der Waals surface area contributed by atoms with Gasteiger partial charge in [-0.3, -0.25) is 4.79 Å². The predicted octanol–water partition coefficient (Wildman–Crippen LogP) is 2.41. The van der Waals surface area contributed by atoms with Crippen LogP contribution < -0.4 is 14.8 Å². The average Bonchev–Trinajstić information content (AvgIpc) is 2.47. The summed E-state index contributed by atoms with van der Waals surface area (Å²) < 4.78 is 28.9. The van der Waals surface area contributed by atoms with Crippen molar-refractivity contribution in [1.82, 2.24) is 5.32 Å². The Bertz CT molecular complexity index is 647. The van der Waals surface area contributed by atoms with Crippen molar-refractivity contribution in [3.8, 4) is 5.75 Å². The van der Waals surface area contributed by atoms with Crippen molar-refractivity contribution in [2.24, 2.45) is 0 Å². The van der Waals surface area contributed by atoms with E-state index in [2.05, 4.69) is 10.1 Å². The van der Waals surface area contributed by atoms with E-state index < -0.39 is 18.6 Å². The maximum Gasteiger partial charge on any atom is 0.387 e. The quantitative estimate of drug-likeness (QED) is 0.681. The largest absolute Gasteiger partial charge is 0.618 e. The fraction of sp³-hybridized carbons (Fsp3) is 0.200. The topological polar surface area (TPSA) is 65.3 Å². The van der Waals surface area contributed by atoms with Gasteiger partial charge >= 0.3 is 12.5 Å². The van der Waals surface area contributed by atoms with E-state index >= 15 is 0 Å². The molecule has 2 aromatic rings. The van der Waals surface area contributed by atoms with Crippen LogP contribution in [0, 0.1) is 5.21 Å². The normalized spacial score (nSPS) is 12.0. The summed E-state index contributed by atoms with van der Waals surface area (Å²) in [6.45, 7) is -1.16. The maximum atomic E-state index is 12.1. The summed E-state index contributed by atoms with van der Waals surface area (Å²) in [4.78, 5) is 12.0. The first-order valence-corrected chi connectivity index (χ1v) is 6.51. The summed E-state index contributed by atoms with van der Waals surface area (Å²) in [7, 11) is 0. The summed E-state index contributed by atoms with van der Waals surface area (Å²) >= 11 is 0. The number of carbonyl (C=O) groups is 1. The van der Waals surface area contributed by atoms with Gasteiger partial charge in [-0.1, -0.05) is 12.1 Å². The zero-order chi connectivity index (χ0) is 16.1. The molecule has 1 N–H and O–H groups in total. The number of amides is 1. The van der Waals surface area contributed by atoms with Crippen molar-refractivity contribution in [3.63, 3.8) is 0 Å². The minimum Gasteiger partial charge on any atom is -0.618 e. The zero-order valence-electron chi connectivity index (χ0n) is 11.7. The molecule has 0 bridgehead atoms. The first-order chi connectivity index (χ1) is 10.5. The second kappa shape index (κ2) is 6.84. The van der Waals surface area contributed by atoms with E-state index in [0.717, 1.165) is 0 Å². The number of aromatic nitrogens is 1. The molecule has 0 aliphatic carbocycles. The number of ether oxygens (including phenoxy) is 1. The predicted molar refractivity (Wildman–Crippen MR) is 74.4 cm³/mol. The summed E-state index contributed by atoms with van der Waals surface area (Å²) in [6.07, 6.45) is 1.23. The highest BCUT2D eigenvalue weighted by Crippen LogP contribution is 2.19. The molecule has 0 radical (unpaired) electrons. The summed E-state index contributed by atoms with van der Waals surface area (Å²) in [5, 5.41) is 14.2. The number of alkyl halides is 2. The molecule has 0 aliphatic rings. The molecule has 1 amide bonds. The van der Waals surface area contributed by atoms with Gasteiger partial charge in [-0.25, -0.2) is 0 Å². The number of benzene rings is 1. The molecule has 116 valence electrons. The van der Waals surface area contributed by atoms with E-state index in [4.69, 9.17) is 0 Å². The lowest BCUT2D eigenvalue weighted by molar-refractivity contribution is -0.607. The van der Waals surface area contributed by atoms with Crippen LogP contribution in [0.25, 0.3) is 0 Å². The lowest BCUT2D eigenvalue weighted by Crippen LogP contribution is -2.39.